The third kappa shape index (κ3) is 5.85. The fourth-order valence-corrected chi connectivity index (χ4v) is 3.33. The number of carbonyl (C=O) groups is 1. The SMILES string of the molecule is CC(C)(C)OC(=O)NCC1CCCC1NCCC1CCC1. The molecular weight excluding hydrogens is 264 g/mol. The summed E-state index contributed by atoms with van der Waals surface area (Å²) in [6.07, 6.45) is 9.03. The third-order valence-corrected chi connectivity index (χ3v) is 4.75. The zero-order valence-corrected chi connectivity index (χ0v) is 13.9. The predicted molar refractivity (Wildman–Crippen MR) is 85.3 cm³/mol. The highest BCUT2D eigenvalue weighted by Crippen LogP contribution is 2.29. The molecule has 4 heteroatoms. The van der Waals surface area contributed by atoms with E-state index in [2.05, 4.69) is 10.6 Å². The number of hydrogen-bond acceptors (Lipinski definition) is 3. The maximum absolute atomic E-state index is 11.7. The van der Waals surface area contributed by atoms with Crippen LogP contribution in [-0.4, -0.2) is 30.8 Å². The van der Waals surface area contributed by atoms with E-state index in [1.807, 2.05) is 20.8 Å². The Labute approximate surface area is 129 Å². The van der Waals surface area contributed by atoms with E-state index in [0.29, 0.717) is 12.0 Å². The van der Waals surface area contributed by atoms with Gasteiger partial charge in [0.2, 0.25) is 0 Å². The van der Waals surface area contributed by atoms with Gasteiger partial charge in [0.15, 0.2) is 0 Å². The Morgan fingerprint density at radius 2 is 1.86 bits per heavy atom. The minimum absolute atomic E-state index is 0.289. The van der Waals surface area contributed by atoms with E-state index >= 15 is 0 Å². The smallest absolute Gasteiger partial charge is 0.407 e. The molecule has 0 aromatic heterocycles. The van der Waals surface area contributed by atoms with Crippen molar-refractivity contribution < 1.29 is 9.53 Å². The molecule has 21 heavy (non-hydrogen) atoms. The van der Waals surface area contributed by atoms with Gasteiger partial charge in [-0.15, -0.1) is 0 Å². The van der Waals surface area contributed by atoms with Crippen molar-refractivity contribution in [3.63, 3.8) is 0 Å². The van der Waals surface area contributed by atoms with Crippen molar-refractivity contribution in [1.29, 1.82) is 0 Å². The Morgan fingerprint density at radius 3 is 2.48 bits per heavy atom. The molecule has 0 heterocycles. The zero-order chi connectivity index (χ0) is 15.3. The van der Waals surface area contributed by atoms with E-state index in [4.69, 9.17) is 4.74 Å². The van der Waals surface area contributed by atoms with E-state index in [-0.39, 0.29) is 6.09 Å². The van der Waals surface area contributed by atoms with Gasteiger partial charge >= 0.3 is 6.09 Å². The molecule has 0 aromatic rings. The van der Waals surface area contributed by atoms with Crippen LogP contribution in [0.3, 0.4) is 0 Å². The third-order valence-electron chi connectivity index (χ3n) is 4.75. The van der Waals surface area contributed by atoms with Gasteiger partial charge in [-0.3, -0.25) is 0 Å². The second-order valence-corrected chi connectivity index (χ2v) is 7.72. The van der Waals surface area contributed by atoms with Crippen LogP contribution in [-0.2, 0) is 4.74 Å². The highest BCUT2D eigenvalue weighted by molar-refractivity contribution is 5.67. The van der Waals surface area contributed by atoms with Gasteiger partial charge in [0.1, 0.15) is 5.60 Å². The molecule has 4 nitrogen and oxygen atoms in total. The van der Waals surface area contributed by atoms with Crippen molar-refractivity contribution in [2.24, 2.45) is 11.8 Å². The Kier molecular flexibility index (Phi) is 5.91. The van der Waals surface area contributed by atoms with E-state index in [1.54, 1.807) is 0 Å². The largest absolute Gasteiger partial charge is 0.444 e. The van der Waals surface area contributed by atoms with Crippen LogP contribution in [0, 0.1) is 11.8 Å². The summed E-state index contributed by atoms with van der Waals surface area (Å²) in [6, 6.07) is 0.569. The van der Waals surface area contributed by atoms with Crippen LogP contribution in [0.4, 0.5) is 4.79 Å². The molecule has 122 valence electrons. The molecule has 0 spiro atoms. The van der Waals surface area contributed by atoms with Gasteiger partial charge in [0.25, 0.3) is 0 Å². The van der Waals surface area contributed by atoms with Crippen LogP contribution in [0.15, 0.2) is 0 Å². The number of nitrogens with one attached hydrogen (secondary N) is 2. The van der Waals surface area contributed by atoms with Crippen molar-refractivity contribution in [2.45, 2.75) is 77.4 Å². The van der Waals surface area contributed by atoms with Crippen molar-refractivity contribution in [3.05, 3.63) is 0 Å². The molecule has 2 atom stereocenters. The molecule has 0 aromatic carbocycles. The van der Waals surface area contributed by atoms with Gasteiger partial charge in [-0.25, -0.2) is 4.79 Å². The van der Waals surface area contributed by atoms with Crippen LogP contribution < -0.4 is 10.6 Å². The van der Waals surface area contributed by atoms with E-state index in [0.717, 1.165) is 19.0 Å². The Bertz CT molecular complexity index is 334. The fourth-order valence-electron chi connectivity index (χ4n) is 3.33. The summed E-state index contributed by atoms with van der Waals surface area (Å²) < 4.78 is 5.30. The second-order valence-electron chi connectivity index (χ2n) is 7.72. The lowest BCUT2D eigenvalue weighted by Crippen LogP contribution is -2.41. The lowest BCUT2D eigenvalue weighted by Gasteiger charge is -2.27. The first-order valence-corrected chi connectivity index (χ1v) is 8.64. The Hall–Kier alpha value is -0.770. The van der Waals surface area contributed by atoms with Gasteiger partial charge in [-0.2, -0.15) is 0 Å². The van der Waals surface area contributed by atoms with Crippen LogP contribution in [0.1, 0.15) is 65.7 Å². The summed E-state index contributed by atoms with van der Waals surface area (Å²) in [5.41, 5.74) is -0.416. The molecule has 0 aliphatic heterocycles. The molecule has 2 unspecified atom stereocenters. The molecule has 2 rings (SSSR count). The highest BCUT2D eigenvalue weighted by Gasteiger charge is 2.28. The maximum Gasteiger partial charge on any atom is 0.407 e. The number of alkyl carbamates (subject to hydrolysis) is 1. The molecular formula is C17H32N2O2. The number of amides is 1. The van der Waals surface area contributed by atoms with Gasteiger partial charge in [0, 0.05) is 12.6 Å². The second kappa shape index (κ2) is 7.48. The van der Waals surface area contributed by atoms with Crippen molar-refractivity contribution in [2.75, 3.05) is 13.1 Å². The molecule has 1 amide bonds. The Morgan fingerprint density at radius 1 is 1.14 bits per heavy atom. The maximum atomic E-state index is 11.7. The predicted octanol–water partition coefficient (Wildman–Crippen LogP) is 3.46. The standard InChI is InChI=1S/C17H32N2O2/c1-17(2,3)21-16(20)19-12-14-8-5-9-15(14)18-11-10-13-6-4-7-13/h13-15,18H,4-12H2,1-3H3,(H,19,20). The normalized spacial score (nSPS) is 26.4. The summed E-state index contributed by atoms with van der Waals surface area (Å²) in [6.45, 7) is 7.56. The molecule has 2 saturated carbocycles. The quantitative estimate of drug-likeness (QED) is 0.789. The van der Waals surface area contributed by atoms with Crippen molar-refractivity contribution in [3.8, 4) is 0 Å². The lowest BCUT2D eigenvalue weighted by molar-refractivity contribution is 0.0517. The molecule has 0 saturated heterocycles. The monoisotopic (exact) mass is 296 g/mol. The minimum Gasteiger partial charge on any atom is -0.444 e. The first kappa shape index (κ1) is 16.6. The molecule has 2 aliphatic rings. The minimum atomic E-state index is -0.416. The van der Waals surface area contributed by atoms with Crippen LogP contribution >= 0.6 is 0 Å². The van der Waals surface area contributed by atoms with Crippen LogP contribution in [0.5, 0.6) is 0 Å². The number of hydrogen-bond donors (Lipinski definition) is 2. The summed E-state index contributed by atoms with van der Waals surface area (Å²) in [5.74, 6) is 1.52. The molecule has 2 aliphatic carbocycles. The van der Waals surface area contributed by atoms with Gasteiger partial charge < -0.3 is 15.4 Å². The number of rotatable bonds is 6. The highest BCUT2D eigenvalue weighted by atomic mass is 16.6. The fraction of sp³-hybridized carbons (Fsp3) is 0.941. The molecule has 0 radical (unpaired) electrons. The van der Waals surface area contributed by atoms with E-state index in [9.17, 15) is 4.79 Å². The van der Waals surface area contributed by atoms with Gasteiger partial charge in [-0.1, -0.05) is 25.7 Å². The summed E-state index contributed by atoms with van der Waals surface area (Å²) >= 11 is 0. The molecule has 2 fully saturated rings. The summed E-state index contributed by atoms with van der Waals surface area (Å²) in [7, 11) is 0. The van der Waals surface area contributed by atoms with Gasteiger partial charge in [0.05, 0.1) is 0 Å². The summed E-state index contributed by atoms with van der Waals surface area (Å²) in [4.78, 5) is 11.7. The number of carbonyl (C=O) groups excluding carboxylic acids is 1. The van der Waals surface area contributed by atoms with Crippen LogP contribution in [0.25, 0.3) is 0 Å². The Balaban J connectivity index is 1.63. The lowest BCUT2D eigenvalue weighted by atomic mass is 9.83. The molecule has 0 bridgehead atoms. The first-order valence-electron chi connectivity index (χ1n) is 8.64. The zero-order valence-electron chi connectivity index (χ0n) is 13.9. The average Bonchev–Trinajstić information content (AvgIpc) is 2.75. The molecule has 2 N–H and O–H groups in total. The average molecular weight is 296 g/mol. The van der Waals surface area contributed by atoms with Crippen molar-refractivity contribution >= 4 is 6.09 Å². The van der Waals surface area contributed by atoms with Crippen molar-refractivity contribution in [1.82, 2.24) is 10.6 Å². The van der Waals surface area contributed by atoms with Crippen LogP contribution in [0.2, 0.25) is 0 Å². The van der Waals surface area contributed by atoms with E-state index < -0.39 is 5.60 Å². The topological polar surface area (TPSA) is 50.4 Å². The van der Waals surface area contributed by atoms with E-state index in [1.165, 1.54) is 44.9 Å². The first-order chi connectivity index (χ1) is 9.94. The van der Waals surface area contributed by atoms with Gasteiger partial charge in [-0.05, 0) is 58.4 Å². The number of ether oxygens (including phenoxy) is 1. The summed E-state index contributed by atoms with van der Waals surface area (Å²) in [5, 5.41) is 6.64.